The van der Waals surface area contributed by atoms with Crippen molar-refractivity contribution in [3.8, 4) is 0 Å². The van der Waals surface area contributed by atoms with E-state index in [0.717, 1.165) is 44.9 Å². The number of carbonyl (C=O) groups is 2. The van der Waals surface area contributed by atoms with Crippen LogP contribution in [0.25, 0.3) is 0 Å². The van der Waals surface area contributed by atoms with E-state index >= 15 is 0 Å². The average Bonchev–Trinajstić information content (AvgIpc) is 3.34. The van der Waals surface area contributed by atoms with E-state index in [9.17, 15) is 19.8 Å². The summed E-state index contributed by atoms with van der Waals surface area (Å²) in [6.45, 7) is 4.95. The topological polar surface area (TPSA) is 95.9 Å². The van der Waals surface area contributed by atoms with Gasteiger partial charge in [-0.25, -0.2) is 0 Å². The highest BCUT2D eigenvalue weighted by Gasteiger charge is 2.20. The van der Waals surface area contributed by atoms with Gasteiger partial charge in [-0.2, -0.15) is 0 Å². The van der Waals surface area contributed by atoms with Gasteiger partial charge >= 0.3 is 5.97 Å². The standard InChI is InChI=1S/C62H121NO5/c1-3-5-7-9-11-13-15-17-18-19-25-28-31-34-38-42-46-50-54-60(65)59(58-64)63-61(66)55-51-47-43-39-35-32-29-26-23-21-20-22-24-27-30-33-37-41-45-49-53-57-68-62(67)56-52-48-44-40-36-16-14-12-10-8-6-4-2/h12,14,59-60,64-65H,3-11,13,15-58H2,1-2H3,(H,63,66)/b14-12-. The molecule has 0 rings (SSSR count). The molecular formula is C62H121NO5. The smallest absolute Gasteiger partial charge is 0.305 e. The molecule has 0 heterocycles. The van der Waals surface area contributed by atoms with Crippen molar-refractivity contribution in [3.05, 3.63) is 12.2 Å². The number of aliphatic hydroxyl groups excluding tert-OH is 2. The summed E-state index contributed by atoms with van der Waals surface area (Å²) in [6, 6.07) is -0.542. The Bertz CT molecular complexity index is 1020. The molecule has 0 aromatic carbocycles. The Morgan fingerprint density at radius 3 is 1.07 bits per heavy atom. The number of ether oxygens (including phenoxy) is 1. The van der Waals surface area contributed by atoms with Gasteiger partial charge in [0.05, 0.1) is 25.4 Å². The largest absolute Gasteiger partial charge is 0.466 e. The van der Waals surface area contributed by atoms with E-state index in [4.69, 9.17) is 4.74 Å². The molecule has 0 aromatic rings. The predicted octanol–water partition coefficient (Wildman–Crippen LogP) is 19.2. The zero-order valence-corrected chi connectivity index (χ0v) is 46.1. The predicted molar refractivity (Wildman–Crippen MR) is 297 cm³/mol. The summed E-state index contributed by atoms with van der Waals surface area (Å²) in [5.74, 6) is -0.0301. The van der Waals surface area contributed by atoms with Gasteiger partial charge in [-0.15, -0.1) is 0 Å². The van der Waals surface area contributed by atoms with Gasteiger partial charge in [-0.3, -0.25) is 9.59 Å². The Morgan fingerprint density at radius 1 is 0.397 bits per heavy atom. The Hall–Kier alpha value is -1.40. The fraction of sp³-hybridized carbons (Fsp3) is 0.935. The average molecular weight is 961 g/mol. The minimum atomic E-state index is -0.665. The van der Waals surface area contributed by atoms with Crippen LogP contribution in [0.2, 0.25) is 0 Å². The molecule has 0 aromatic heterocycles. The molecule has 0 aliphatic rings. The minimum Gasteiger partial charge on any atom is -0.466 e. The van der Waals surface area contributed by atoms with Gasteiger partial charge in [0.1, 0.15) is 0 Å². The van der Waals surface area contributed by atoms with E-state index in [2.05, 4.69) is 31.3 Å². The van der Waals surface area contributed by atoms with Crippen LogP contribution in [0.15, 0.2) is 12.2 Å². The molecular weight excluding hydrogens is 839 g/mol. The Balaban J connectivity index is 3.39. The van der Waals surface area contributed by atoms with Crippen molar-refractivity contribution in [2.75, 3.05) is 13.2 Å². The summed E-state index contributed by atoms with van der Waals surface area (Å²) in [7, 11) is 0. The van der Waals surface area contributed by atoms with Crippen LogP contribution in [0.4, 0.5) is 0 Å². The molecule has 3 N–H and O–H groups in total. The van der Waals surface area contributed by atoms with Gasteiger partial charge in [0, 0.05) is 12.8 Å². The molecule has 0 fully saturated rings. The lowest BCUT2D eigenvalue weighted by molar-refractivity contribution is -0.143. The summed E-state index contributed by atoms with van der Waals surface area (Å²) in [4.78, 5) is 24.5. The van der Waals surface area contributed by atoms with Gasteiger partial charge in [0.15, 0.2) is 0 Å². The van der Waals surface area contributed by atoms with Crippen molar-refractivity contribution in [2.45, 2.75) is 360 Å². The molecule has 0 saturated heterocycles. The fourth-order valence-corrected chi connectivity index (χ4v) is 9.81. The minimum absolute atomic E-state index is 0.00264. The quantitative estimate of drug-likeness (QED) is 0.0321. The third-order valence-corrected chi connectivity index (χ3v) is 14.6. The summed E-state index contributed by atoms with van der Waals surface area (Å²) in [5, 5.41) is 23.3. The van der Waals surface area contributed by atoms with Gasteiger partial charge in [-0.05, 0) is 51.4 Å². The van der Waals surface area contributed by atoms with Crippen molar-refractivity contribution < 1.29 is 24.5 Å². The van der Waals surface area contributed by atoms with Gasteiger partial charge in [-0.1, -0.05) is 296 Å². The molecule has 2 atom stereocenters. The first-order valence-corrected chi connectivity index (χ1v) is 30.9. The third kappa shape index (κ3) is 53.9. The van der Waals surface area contributed by atoms with Crippen LogP contribution < -0.4 is 5.32 Å². The maximum Gasteiger partial charge on any atom is 0.305 e. The first-order valence-electron chi connectivity index (χ1n) is 30.9. The second-order valence-corrected chi connectivity index (χ2v) is 21.4. The maximum atomic E-state index is 12.5. The maximum absolute atomic E-state index is 12.5. The van der Waals surface area contributed by atoms with E-state index in [0.29, 0.717) is 25.9 Å². The normalized spacial score (nSPS) is 12.6. The molecule has 6 nitrogen and oxygen atoms in total. The first kappa shape index (κ1) is 66.6. The highest BCUT2D eigenvalue weighted by Crippen LogP contribution is 2.18. The van der Waals surface area contributed by atoms with Gasteiger partial charge in [0.25, 0.3) is 0 Å². The number of allylic oxidation sites excluding steroid dienone is 2. The van der Waals surface area contributed by atoms with Crippen LogP contribution in [-0.4, -0.2) is 47.4 Å². The van der Waals surface area contributed by atoms with E-state index in [-0.39, 0.29) is 18.5 Å². The number of esters is 1. The molecule has 0 aliphatic carbocycles. The second kappa shape index (κ2) is 58.2. The van der Waals surface area contributed by atoms with Crippen molar-refractivity contribution in [1.82, 2.24) is 5.32 Å². The van der Waals surface area contributed by atoms with Gasteiger partial charge in [0.2, 0.25) is 5.91 Å². The van der Waals surface area contributed by atoms with Gasteiger partial charge < -0.3 is 20.3 Å². The summed E-state index contributed by atoms with van der Waals surface area (Å²) >= 11 is 0. The molecule has 68 heavy (non-hydrogen) atoms. The van der Waals surface area contributed by atoms with E-state index in [1.54, 1.807) is 0 Å². The molecule has 0 radical (unpaired) electrons. The molecule has 2 unspecified atom stereocenters. The van der Waals surface area contributed by atoms with Crippen LogP contribution in [0.5, 0.6) is 0 Å². The van der Waals surface area contributed by atoms with E-state index < -0.39 is 12.1 Å². The second-order valence-electron chi connectivity index (χ2n) is 21.4. The number of carbonyl (C=O) groups excluding carboxylic acids is 2. The lowest BCUT2D eigenvalue weighted by Gasteiger charge is -2.22. The van der Waals surface area contributed by atoms with Crippen LogP contribution in [-0.2, 0) is 14.3 Å². The SMILES string of the molecule is CCCCC/C=C\CCCCCCCC(=O)OCCCCCCCCCCCCCCCCCCCCCCCC(=O)NC(CO)C(O)CCCCCCCCCCCCCCCCCCCC. The third-order valence-electron chi connectivity index (χ3n) is 14.6. The lowest BCUT2D eigenvalue weighted by Crippen LogP contribution is -2.45. The molecule has 0 saturated carbocycles. The number of hydrogen-bond acceptors (Lipinski definition) is 5. The number of nitrogens with one attached hydrogen (secondary N) is 1. The van der Waals surface area contributed by atoms with E-state index in [1.807, 2.05) is 0 Å². The van der Waals surface area contributed by atoms with Crippen molar-refractivity contribution in [2.24, 2.45) is 0 Å². The van der Waals surface area contributed by atoms with E-state index in [1.165, 1.54) is 270 Å². The summed E-state index contributed by atoms with van der Waals surface area (Å²) in [6.07, 6.45) is 69.3. The van der Waals surface area contributed by atoms with Crippen LogP contribution in [0, 0.1) is 0 Å². The molecule has 1 amide bonds. The molecule has 0 bridgehead atoms. The molecule has 6 heteroatoms. The Labute approximate surface area is 425 Å². The zero-order chi connectivity index (χ0) is 49.3. The first-order chi connectivity index (χ1) is 33.5. The monoisotopic (exact) mass is 960 g/mol. The van der Waals surface area contributed by atoms with Crippen molar-refractivity contribution >= 4 is 11.9 Å². The molecule has 0 spiro atoms. The molecule has 404 valence electrons. The number of amides is 1. The molecule has 0 aliphatic heterocycles. The lowest BCUT2D eigenvalue weighted by atomic mass is 10.0. The van der Waals surface area contributed by atoms with Crippen LogP contribution >= 0.6 is 0 Å². The van der Waals surface area contributed by atoms with Crippen molar-refractivity contribution in [1.29, 1.82) is 0 Å². The summed E-state index contributed by atoms with van der Waals surface area (Å²) < 4.78 is 5.47. The number of hydrogen-bond donors (Lipinski definition) is 3. The fourth-order valence-electron chi connectivity index (χ4n) is 9.81. The van der Waals surface area contributed by atoms with Crippen LogP contribution in [0.1, 0.15) is 348 Å². The zero-order valence-electron chi connectivity index (χ0n) is 46.1. The van der Waals surface area contributed by atoms with Crippen LogP contribution in [0.3, 0.4) is 0 Å². The number of rotatable bonds is 58. The summed E-state index contributed by atoms with van der Waals surface area (Å²) in [5.41, 5.74) is 0. The Kier molecular flexibility index (Phi) is 57.0. The highest BCUT2D eigenvalue weighted by atomic mass is 16.5. The van der Waals surface area contributed by atoms with Crippen molar-refractivity contribution in [3.63, 3.8) is 0 Å². The highest BCUT2D eigenvalue weighted by molar-refractivity contribution is 5.76. The number of aliphatic hydroxyl groups is 2. The number of unbranched alkanes of at least 4 members (excludes halogenated alkanes) is 45. The Morgan fingerprint density at radius 2 is 0.691 bits per heavy atom.